The summed E-state index contributed by atoms with van der Waals surface area (Å²) in [6.07, 6.45) is 4.69. The first-order valence-electron chi connectivity index (χ1n) is 6.09. The molecule has 2 rings (SSSR count). The molecule has 0 fully saturated rings. The van der Waals surface area contributed by atoms with Crippen LogP contribution in [0, 0.1) is 0 Å². The SMILES string of the molecule is CCc1cc(-c2cnn(CCO)c2)ccc1OC. The lowest BCUT2D eigenvalue weighted by atomic mass is 10.0. The molecule has 0 amide bonds. The van der Waals surface area contributed by atoms with Crippen molar-refractivity contribution in [1.82, 2.24) is 9.78 Å². The van der Waals surface area contributed by atoms with E-state index in [-0.39, 0.29) is 6.61 Å². The van der Waals surface area contributed by atoms with E-state index >= 15 is 0 Å². The highest BCUT2D eigenvalue weighted by atomic mass is 16.5. The summed E-state index contributed by atoms with van der Waals surface area (Å²) in [6, 6.07) is 6.13. The van der Waals surface area contributed by atoms with Crippen molar-refractivity contribution in [1.29, 1.82) is 0 Å². The maximum absolute atomic E-state index is 8.87. The van der Waals surface area contributed by atoms with Crippen molar-refractivity contribution in [2.24, 2.45) is 0 Å². The van der Waals surface area contributed by atoms with Gasteiger partial charge in [-0.05, 0) is 29.7 Å². The summed E-state index contributed by atoms with van der Waals surface area (Å²) in [5.41, 5.74) is 3.36. The Labute approximate surface area is 107 Å². The Morgan fingerprint density at radius 3 is 2.83 bits per heavy atom. The van der Waals surface area contributed by atoms with Gasteiger partial charge in [0, 0.05) is 11.8 Å². The molecule has 0 spiro atoms. The van der Waals surface area contributed by atoms with Crippen LogP contribution in [0.1, 0.15) is 12.5 Å². The lowest BCUT2D eigenvalue weighted by molar-refractivity contribution is 0.269. The fourth-order valence-corrected chi connectivity index (χ4v) is 1.97. The molecule has 0 aliphatic rings. The first-order chi connectivity index (χ1) is 8.78. The molecule has 0 saturated heterocycles. The van der Waals surface area contributed by atoms with Crippen molar-refractivity contribution >= 4 is 0 Å². The fourth-order valence-electron chi connectivity index (χ4n) is 1.97. The molecule has 4 heteroatoms. The number of aliphatic hydroxyl groups excluding tert-OH is 1. The molecule has 18 heavy (non-hydrogen) atoms. The number of aryl methyl sites for hydroxylation is 1. The number of nitrogens with zero attached hydrogens (tertiary/aromatic N) is 2. The van der Waals surface area contributed by atoms with Crippen molar-refractivity contribution in [2.45, 2.75) is 19.9 Å². The lowest BCUT2D eigenvalue weighted by Crippen LogP contribution is -2.01. The number of methoxy groups -OCH3 is 1. The third kappa shape index (κ3) is 2.54. The van der Waals surface area contributed by atoms with E-state index in [0.717, 1.165) is 23.3 Å². The maximum atomic E-state index is 8.87. The summed E-state index contributed by atoms with van der Waals surface area (Å²) in [7, 11) is 1.69. The topological polar surface area (TPSA) is 47.3 Å². The molecular formula is C14H18N2O2. The Morgan fingerprint density at radius 2 is 2.17 bits per heavy atom. The van der Waals surface area contributed by atoms with Crippen LogP contribution in [-0.4, -0.2) is 28.6 Å². The summed E-state index contributed by atoms with van der Waals surface area (Å²) >= 11 is 0. The Kier molecular flexibility index (Phi) is 3.99. The van der Waals surface area contributed by atoms with Crippen LogP contribution in [0.3, 0.4) is 0 Å². The molecule has 0 atom stereocenters. The molecule has 0 unspecified atom stereocenters. The Bertz CT molecular complexity index is 520. The van der Waals surface area contributed by atoms with Gasteiger partial charge in [-0.25, -0.2) is 0 Å². The van der Waals surface area contributed by atoms with E-state index in [4.69, 9.17) is 9.84 Å². The molecular weight excluding hydrogens is 228 g/mol. The van der Waals surface area contributed by atoms with E-state index in [1.54, 1.807) is 11.8 Å². The number of benzene rings is 1. The van der Waals surface area contributed by atoms with Crippen LogP contribution < -0.4 is 4.74 Å². The summed E-state index contributed by atoms with van der Waals surface area (Å²) in [4.78, 5) is 0. The molecule has 4 nitrogen and oxygen atoms in total. The second-order valence-electron chi connectivity index (χ2n) is 4.10. The molecule has 1 heterocycles. The van der Waals surface area contributed by atoms with Gasteiger partial charge in [-0.3, -0.25) is 4.68 Å². The van der Waals surface area contributed by atoms with E-state index in [0.29, 0.717) is 6.54 Å². The van der Waals surface area contributed by atoms with Crippen LogP contribution in [0.4, 0.5) is 0 Å². The van der Waals surface area contributed by atoms with Crippen molar-refractivity contribution in [3.8, 4) is 16.9 Å². The summed E-state index contributed by atoms with van der Waals surface area (Å²) < 4.78 is 7.06. The molecule has 1 aromatic carbocycles. The number of hydrogen-bond acceptors (Lipinski definition) is 3. The zero-order valence-corrected chi connectivity index (χ0v) is 10.8. The van der Waals surface area contributed by atoms with Gasteiger partial charge in [-0.15, -0.1) is 0 Å². The number of aliphatic hydroxyl groups is 1. The quantitative estimate of drug-likeness (QED) is 0.879. The monoisotopic (exact) mass is 246 g/mol. The number of hydrogen-bond donors (Lipinski definition) is 1. The summed E-state index contributed by atoms with van der Waals surface area (Å²) in [5, 5.41) is 13.1. The largest absolute Gasteiger partial charge is 0.496 e. The normalized spacial score (nSPS) is 10.6. The lowest BCUT2D eigenvalue weighted by Gasteiger charge is -2.08. The summed E-state index contributed by atoms with van der Waals surface area (Å²) in [6.45, 7) is 2.73. The van der Waals surface area contributed by atoms with E-state index in [9.17, 15) is 0 Å². The van der Waals surface area contributed by atoms with Gasteiger partial charge in [0.2, 0.25) is 0 Å². The van der Waals surface area contributed by atoms with Crippen molar-refractivity contribution in [3.05, 3.63) is 36.2 Å². The Balaban J connectivity index is 2.31. The first-order valence-corrected chi connectivity index (χ1v) is 6.09. The van der Waals surface area contributed by atoms with Crippen LogP contribution in [-0.2, 0) is 13.0 Å². The number of ether oxygens (including phenoxy) is 1. The van der Waals surface area contributed by atoms with Gasteiger partial charge in [-0.1, -0.05) is 13.0 Å². The standard InChI is InChI=1S/C14H18N2O2/c1-3-11-8-12(4-5-14(11)18-2)13-9-15-16(10-13)6-7-17/h4-5,8-10,17H,3,6-7H2,1-2H3. The van der Waals surface area contributed by atoms with Crippen molar-refractivity contribution in [3.63, 3.8) is 0 Å². The molecule has 1 N–H and O–H groups in total. The third-order valence-corrected chi connectivity index (χ3v) is 2.96. The van der Waals surface area contributed by atoms with Gasteiger partial charge in [-0.2, -0.15) is 5.10 Å². The summed E-state index contributed by atoms with van der Waals surface area (Å²) in [5.74, 6) is 0.920. The Hall–Kier alpha value is -1.81. The van der Waals surface area contributed by atoms with Gasteiger partial charge >= 0.3 is 0 Å². The van der Waals surface area contributed by atoms with Crippen molar-refractivity contribution in [2.75, 3.05) is 13.7 Å². The molecule has 96 valence electrons. The highest BCUT2D eigenvalue weighted by Crippen LogP contribution is 2.26. The zero-order chi connectivity index (χ0) is 13.0. The predicted octanol–water partition coefficient (Wildman–Crippen LogP) is 2.11. The molecule has 1 aromatic heterocycles. The van der Waals surface area contributed by atoms with Gasteiger partial charge in [0.25, 0.3) is 0 Å². The molecule has 0 bridgehead atoms. The van der Waals surface area contributed by atoms with Gasteiger partial charge in [0.05, 0.1) is 26.5 Å². The predicted molar refractivity (Wildman–Crippen MR) is 70.7 cm³/mol. The van der Waals surface area contributed by atoms with Gasteiger partial charge in [0.15, 0.2) is 0 Å². The minimum Gasteiger partial charge on any atom is -0.496 e. The Morgan fingerprint density at radius 1 is 1.33 bits per heavy atom. The average Bonchev–Trinajstić information content (AvgIpc) is 2.87. The maximum Gasteiger partial charge on any atom is 0.122 e. The van der Waals surface area contributed by atoms with Crippen LogP contribution in [0.15, 0.2) is 30.6 Å². The van der Waals surface area contributed by atoms with Gasteiger partial charge < -0.3 is 9.84 Å². The second kappa shape index (κ2) is 5.69. The zero-order valence-electron chi connectivity index (χ0n) is 10.8. The second-order valence-corrected chi connectivity index (χ2v) is 4.10. The molecule has 0 aliphatic heterocycles. The molecule has 0 saturated carbocycles. The fraction of sp³-hybridized carbons (Fsp3) is 0.357. The number of aromatic nitrogens is 2. The van der Waals surface area contributed by atoms with Crippen LogP contribution in [0.5, 0.6) is 5.75 Å². The van der Waals surface area contributed by atoms with Crippen molar-refractivity contribution < 1.29 is 9.84 Å². The third-order valence-electron chi connectivity index (χ3n) is 2.96. The molecule has 0 radical (unpaired) electrons. The van der Waals surface area contributed by atoms with Crippen LogP contribution in [0.2, 0.25) is 0 Å². The van der Waals surface area contributed by atoms with E-state index in [2.05, 4.69) is 18.1 Å². The van der Waals surface area contributed by atoms with Crippen LogP contribution >= 0.6 is 0 Å². The van der Waals surface area contributed by atoms with E-state index < -0.39 is 0 Å². The first kappa shape index (κ1) is 12.6. The van der Waals surface area contributed by atoms with E-state index in [1.807, 2.05) is 24.5 Å². The molecule has 2 aromatic rings. The molecule has 0 aliphatic carbocycles. The minimum atomic E-state index is 0.101. The highest BCUT2D eigenvalue weighted by Gasteiger charge is 2.06. The smallest absolute Gasteiger partial charge is 0.122 e. The minimum absolute atomic E-state index is 0.101. The highest BCUT2D eigenvalue weighted by molar-refractivity contribution is 5.64. The average molecular weight is 246 g/mol. The van der Waals surface area contributed by atoms with Crippen LogP contribution in [0.25, 0.3) is 11.1 Å². The number of rotatable bonds is 5. The van der Waals surface area contributed by atoms with Gasteiger partial charge in [0.1, 0.15) is 5.75 Å². The van der Waals surface area contributed by atoms with E-state index in [1.165, 1.54) is 5.56 Å².